The zero-order valence-corrected chi connectivity index (χ0v) is 17.2. The minimum atomic E-state index is -0.255. The summed E-state index contributed by atoms with van der Waals surface area (Å²) in [4.78, 5) is 30.4. The van der Waals surface area contributed by atoms with Crippen LogP contribution in [0, 0.1) is 13.8 Å². The van der Waals surface area contributed by atoms with Crippen LogP contribution < -0.4 is 10.2 Å². The largest absolute Gasteiger partial charge is 0.450 e. The van der Waals surface area contributed by atoms with Crippen LogP contribution in [-0.4, -0.2) is 73.8 Å². The van der Waals surface area contributed by atoms with E-state index in [0.717, 1.165) is 39.0 Å². The van der Waals surface area contributed by atoms with E-state index in [4.69, 9.17) is 4.74 Å². The van der Waals surface area contributed by atoms with E-state index in [1.165, 1.54) is 16.8 Å². The molecule has 1 aromatic carbocycles. The summed E-state index contributed by atoms with van der Waals surface area (Å²) in [5.41, 5.74) is 3.87. The van der Waals surface area contributed by atoms with Crippen LogP contribution in [0.5, 0.6) is 0 Å². The second-order valence-electron chi connectivity index (χ2n) is 7.62. The molecule has 2 aliphatic heterocycles. The molecule has 28 heavy (non-hydrogen) atoms. The molecule has 154 valence electrons. The maximum Gasteiger partial charge on any atom is 0.409 e. The lowest BCUT2D eigenvalue weighted by atomic mass is 10.1. The molecule has 2 aliphatic rings. The SMILES string of the molecule is CCOC(=O)N1CCC(NC(=O)N2CCN(c3c(C)cccc3C)CC2)CC1. The van der Waals surface area contributed by atoms with Crippen LogP contribution in [0.15, 0.2) is 18.2 Å². The van der Waals surface area contributed by atoms with Crippen molar-refractivity contribution in [3.63, 3.8) is 0 Å². The molecule has 2 saturated heterocycles. The maximum absolute atomic E-state index is 12.7. The number of ether oxygens (including phenoxy) is 1. The number of piperazine rings is 1. The highest BCUT2D eigenvalue weighted by Gasteiger charge is 2.27. The van der Waals surface area contributed by atoms with Gasteiger partial charge in [0.2, 0.25) is 0 Å². The Labute approximate surface area is 167 Å². The average Bonchev–Trinajstić information content (AvgIpc) is 2.69. The molecule has 2 fully saturated rings. The predicted octanol–water partition coefficient (Wildman–Crippen LogP) is 2.76. The molecule has 1 aromatic rings. The third kappa shape index (κ3) is 4.69. The summed E-state index contributed by atoms with van der Waals surface area (Å²) in [6, 6.07) is 6.50. The Morgan fingerprint density at radius 1 is 1.00 bits per heavy atom. The number of carbonyl (C=O) groups is 2. The molecule has 1 N–H and O–H groups in total. The molecule has 3 amide bonds. The summed E-state index contributed by atoms with van der Waals surface area (Å²) in [6.45, 7) is 10.9. The van der Waals surface area contributed by atoms with E-state index >= 15 is 0 Å². The highest BCUT2D eigenvalue weighted by atomic mass is 16.6. The topological polar surface area (TPSA) is 65.1 Å². The Kier molecular flexibility index (Phi) is 6.65. The van der Waals surface area contributed by atoms with Gasteiger partial charge in [-0.1, -0.05) is 18.2 Å². The molecule has 0 aromatic heterocycles. The normalized spacial score (nSPS) is 18.2. The smallest absolute Gasteiger partial charge is 0.409 e. The van der Waals surface area contributed by atoms with Gasteiger partial charge in [0.1, 0.15) is 0 Å². The first kappa shape index (κ1) is 20.3. The fraction of sp³-hybridized carbons (Fsp3) is 0.619. The van der Waals surface area contributed by atoms with Crippen LogP contribution in [0.1, 0.15) is 30.9 Å². The van der Waals surface area contributed by atoms with Gasteiger partial charge < -0.3 is 24.8 Å². The highest BCUT2D eigenvalue weighted by molar-refractivity contribution is 5.75. The van der Waals surface area contributed by atoms with E-state index in [1.54, 1.807) is 4.90 Å². The number of piperidine rings is 1. The lowest BCUT2D eigenvalue weighted by molar-refractivity contribution is 0.0950. The maximum atomic E-state index is 12.7. The predicted molar refractivity (Wildman–Crippen MR) is 110 cm³/mol. The minimum absolute atomic E-state index is 0.00994. The summed E-state index contributed by atoms with van der Waals surface area (Å²) in [6.07, 6.45) is 1.29. The van der Waals surface area contributed by atoms with Gasteiger partial charge in [-0.25, -0.2) is 9.59 Å². The van der Waals surface area contributed by atoms with E-state index in [1.807, 2.05) is 11.8 Å². The van der Waals surface area contributed by atoms with Crippen molar-refractivity contribution >= 4 is 17.8 Å². The van der Waals surface area contributed by atoms with Gasteiger partial charge in [0.25, 0.3) is 0 Å². The summed E-state index contributed by atoms with van der Waals surface area (Å²) in [5, 5.41) is 3.15. The van der Waals surface area contributed by atoms with Crippen molar-refractivity contribution in [2.24, 2.45) is 0 Å². The molecular formula is C21H32N4O3. The molecule has 0 unspecified atom stereocenters. The molecule has 0 bridgehead atoms. The van der Waals surface area contributed by atoms with E-state index in [0.29, 0.717) is 19.7 Å². The second kappa shape index (κ2) is 9.17. The third-order valence-corrected chi connectivity index (χ3v) is 5.67. The molecule has 7 nitrogen and oxygen atoms in total. The van der Waals surface area contributed by atoms with Crippen molar-refractivity contribution < 1.29 is 14.3 Å². The zero-order chi connectivity index (χ0) is 20.1. The number of amides is 3. The van der Waals surface area contributed by atoms with Crippen LogP contribution in [0.25, 0.3) is 0 Å². The van der Waals surface area contributed by atoms with E-state index < -0.39 is 0 Å². The summed E-state index contributed by atoms with van der Waals surface area (Å²) in [7, 11) is 0. The number of likely N-dealkylation sites (tertiary alicyclic amines) is 1. The van der Waals surface area contributed by atoms with Crippen LogP contribution in [-0.2, 0) is 4.74 Å². The lowest BCUT2D eigenvalue weighted by Crippen LogP contribution is -2.55. The van der Waals surface area contributed by atoms with Crippen molar-refractivity contribution in [1.82, 2.24) is 15.1 Å². The molecule has 0 atom stereocenters. The fourth-order valence-corrected chi connectivity index (χ4v) is 4.12. The molecule has 0 radical (unpaired) electrons. The number of aryl methyl sites for hydroxylation is 2. The van der Waals surface area contributed by atoms with Crippen LogP contribution in [0.2, 0.25) is 0 Å². The number of hydrogen-bond acceptors (Lipinski definition) is 4. The van der Waals surface area contributed by atoms with Crippen LogP contribution in [0.4, 0.5) is 15.3 Å². The number of benzene rings is 1. The first-order valence-corrected chi connectivity index (χ1v) is 10.3. The van der Waals surface area contributed by atoms with Crippen LogP contribution in [0.3, 0.4) is 0 Å². The number of nitrogens with one attached hydrogen (secondary N) is 1. The Bertz CT molecular complexity index is 673. The number of hydrogen-bond donors (Lipinski definition) is 1. The molecule has 7 heteroatoms. The summed E-state index contributed by atoms with van der Waals surface area (Å²) in [5.74, 6) is 0. The molecule has 0 spiro atoms. The minimum Gasteiger partial charge on any atom is -0.450 e. The van der Waals surface area contributed by atoms with Gasteiger partial charge in [-0.05, 0) is 44.7 Å². The molecular weight excluding hydrogens is 356 g/mol. The van der Waals surface area contributed by atoms with Crippen molar-refractivity contribution in [3.8, 4) is 0 Å². The number of anilines is 1. The number of para-hydroxylation sites is 1. The highest BCUT2D eigenvalue weighted by Crippen LogP contribution is 2.25. The monoisotopic (exact) mass is 388 g/mol. The van der Waals surface area contributed by atoms with E-state index in [2.05, 4.69) is 42.3 Å². The van der Waals surface area contributed by atoms with Crippen LogP contribution >= 0.6 is 0 Å². The van der Waals surface area contributed by atoms with Gasteiger partial charge in [0, 0.05) is 51.0 Å². The van der Waals surface area contributed by atoms with Gasteiger partial charge in [-0.2, -0.15) is 0 Å². The van der Waals surface area contributed by atoms with Crippen molar-refractivity contribution in [2.75, 3.05) is 50.8 Å². The Morgan fingerprint density at radius 3 is 2.18 bits per heavy atom. The second-order valence-corrected chi connectivity index (χ2v) is 7.62. The Balaban J connectivity index is 1.45. The molecule has 3 rings (SSSR count). The first-order chi connectivity index (χ1) is 13.5. The Morgan fingerprint density at radius 2 is 1.61 bits per heavy atom. The zero-order valence-electron chi connectivity index (χ0n) is 17.2. The number of urea groups is 1. The number of nitrogens with zero attached hydrogens (tertiary/aromatic N) is 3. The van der Waals surface area contributed by atoms with Crippen molar-refractivity contribution in [3.05, 3.63) is 29.3 Å². The third-order valence-electron chi connectivity index (χ3n) is 5.67. The van der Waals surface area contributed by atoms with E-state index in [-0.39, 0.29) is 18.2 Å². The number of carbonyl (C=O) groups excluding carboxylic acids is 2. The standard InChI is InChI=1S/C21H32N4O3/c1-4-28-21(27)25-10-8-18(9-11-25)22-20(26)24-14-12-23(13-15-24)19-16(2)6-5-7-17(19)3/h5-7,18H,4,8-15H2,1-3H3,(H,22,26). The van der Waals surface area contributed by atoms with E-state index in [9.17, 15) is 9.59 Å². The quantitative estimate of drug-likeness (QED) is 0.865. The first-order valence-electron chi connectivity index (χ1n) is 10.3. The number of rotatable bonds is 3. The lowest BCUT2D eigenvalue weighted by Gasteiger charge is -2.38. The van der Waals surface area contributed by atoms with Gasteiger partial charge in [-0.15, -0.1) is 0 Å². The molecule has 2 heterocycles. The van der Waals surface area contributed by atoms with Gasteiger partial charge in [0.15, 0.2) is 0 Å². The summed E-state index contributed by atoms with van der Waals surface area (Å²) < 4.78 is 5.04. The van der Waals surface area contributed by atoms with Gasteiger partial charge in [-0.3, -0.25) is 0 Å². The fourth-order valence-electron chi connectivity index (χ4n) is 4.12. The van der Waals surface area contributed by atoms with Crippen molar-refractivity contribution in [2.45, 2.75) is 39.7 Å². The molecule has 0 saturated carbocycles. The van der Waals surface area contributed by atoms with Gasteiger partial charge >= 0.3 is 12.1 Å². The van der Waals surface area contributed by atoms with Crippen molar-refractivity contribution in [1.29, 1.82) is 0 Å². The molecule has 0 aliphatic carbocycles. The summed E-state index contributed by atoms with van der Waals surface area (Å²) >= 11 is 0. The average molecular weight is 389 g/mol. The Hall–Kier alpha value is -2.44. The van der Waals surface area contributed by atoms with Gasteiger partial charge in [0.05, 0.1) is 6.61 Å².